The van der Waals surface area contributed by atoms with E-state index in [1.54, 1.807) is 12.1 Å². The molecule has 0 spiro atoms. The van der Waals surface area contributed by atoms with Gasteiger partial charge < -0.3 is 10.4 Å². The van der Waals surface area contributed by atoms with Crippen molar-refractivity contribution in [2.24, 2.45) is 23.7 Å². The van der Waals surface area contributed by atoms with E-state index in [2.05, 4.69) is 5.32 Å². The molecule has 110 valence electrons. The topological polar surface area (TPSA) is 66.4 Å². The first kappa shape index (κ1) is 14.1. The quantitative estimate of drug-likeness (QED) is 0.843. The van der Waals surface area contributed by atoms with Crippen LogP contribution in [-0.2, 0) is 9.59 Å². The van der Waals surface area contributed by atoms with Gasteiger partial charge in [0, 0.05) is 0 Å². The maximum atomic E-state index is 12.5. The number of carboxylic acid groups (broad SMARTS) is 1. The zero-order valence-corrected chi connectivity index (χ0v) is 12.3. The van der Waals surface area contributed by atoms with Gasteiger partial charge in [-0.2, -0.15) is 0 Å². The van der Waals surface area contributed by atoms with Gasteiger partial charge in [0.2, 0.25) is 5.91 Å². The van der Waals surface area contributed by atoms with Crippen LogP contribution in [0.5, 0.6) is 0 Å². The van der Waals surface area contributed by atoms with Crippen LogP contribution in [0.1, 0.15) is 12.0 Å². The molecule has 2 aliphatic carbocycles. The Morgan fingerprint density at radius 3 is 2.57 bits per heavy atom. The zero-order chi connectivity index (χ0) is 15.1. The second kappa shape index (κ2) is 5.19. The van der Waals surface area contributed by atoms with Crippen molar-refractivity contribution in [2.75, 3.05) is 5.32 Å². The second-order valence-electron chi connectivity index (χ2n) is 5.81. The molecule has 1 saturated carbocycles. The minimum absolute atomic E-state index is 0.0136. The molecule has 0 aliphatic heterocycles. The Hall–Kier alpha value is -1.81. The van der Waals surface area contributed by atoms with E-state index in [1.165, 1.54) is 0 Å². The van der Waals surface area contributed by atoms with Crippen LogP contribution in [0, 0.1) is 30.6 Å². The van der Waals surface area contributed by atoms with Crippen molar-refractivity contribution in [3.05, 3.63) is 40.9 Å². The van der Waals surface area contributed by atoms with Crippen LogP contribution in [0.2, 0.25) is 5.02 Å². The van der Waals surface area contributed by atoms with Gasteiger partial charge in [0.1, 0.15) is 0 Å². The van der Waals surface area contributed by atoms with E-state index in [0.717, 1.165) is 12.0 Å². The van der Waals surface area contributed by atoms with Gasteiger partial charge in [-0.05, 0) is 42.9 Å². The molecule has 3 rings (SSSR count). The third kappa shape index (κ3) is 2.44. The monoisotopic (exact) mass is 305 g/mol. The molecule has 5 heteroatoms. The second-order valence-corrected chi connectivity index (χ2v) is 6.22. The number of allylic oxidation sites excluding steroid dienone is 2. The van der Waals surface area contributed by atoms with E-state index in [4.69, 9.17) is 11.6 Å². The highest BCUT2D eigenvalue weighted by Crippen LogP contribution is 2.48. The van der Waals surface area contributed by atoms with Crippen LogP contribution >= 0.6 is 11.6 Å². The minimum Gasteiger partial charge on any atom is -0.481 e. The van der Waals surface area contributed by atoms with Crippen molar-refractivity contribution in [3.63, 3.8) is 0 Å². The summed E-state index contributed by atoms with van der Waals surface area (Å²) in [5.74, 6) is -2.33. The third-order valence-electron chi connectivity index (χ3n) is 4.43. The smallest absolute Gasteiger partial charge is 0.307 e. The van der Waals surface area contributed by atoms with Crippen LogP contribution in [0.3, 0.4) is 0 Å². The molecule has 4 unspecified atom stereocenters. The Bertz CT molecular complexity index is 640. The van der Waals surface area contributed by atoms with Crippen molar-refractivity contribution in [2.45, 2.75) is 13.3 Å². The highest BCUT2D eigenvalue weighted by molar-refractivity contribution is 6.33. The number of benzene rings is 1. The third-order valence-corrected chi connectivity index (χ3v) is 4.76. The number of amides is 1. The van der Waals surface area contributed by atoms with Gasteiger partial charge in [-0.1, -0.05) is 29.8 Å². The fourth-order valence-corrected chi connectivity index (χ4v) is 3.63. The number of nitrogens with one attached hydrogen (secondary N) is 1. The van der Waals surface area contributed by atoms with Crippen LogP contribution in [0.4, 0.5) is 5.69 Å². The minimum atomic E-state index is -0.901. The largest absolute Gasteiger partial charge is 0.481 e. The Morgan fingerprint density at radius 2 is 1.90 bits per heavy atom. The number of aryl methyl sites for hydroxylation is 1. The summed E-state index contributed by atoms with van der Waals surface area (Å²) in [4.78, 5) is 24.0. The summed E-state index contributed by atoms with van der Waals surface area (Å²) in [5, 5.41) is 12.6. The molecular formula is C16H16ClNO3. The molecule has 21 heavy (non-hydrogen) atoms. The predicted molar refractivity (Wildman–Crippen MR) is 80.2 cm³/mol. The lowest BCUT2D eigenvalue weighted by molar-refractivity contribution is -0.146. The van der Waals surface area contributed by atoms with Gasteiger partial charge in [0.25, 0.3) is 0 Å². The normalized spacial score (nSPS) is 29.6. The van der Waals surface area contributed by atoms with Crippen molar-refractivity contribution in [1.29, 1.82) is 0 Å². The Balaban J connectivity index is 1.83. The van der Waals surface area contributed by atoms with E-state index >= 15 is 0 Å². The van der Waals surface area contributed by atoms with Crippen LogP contribution in [-0.4, -0.2) is 17.0 Å². The summed E-state index contributed by atoms with van der Waals surface area (Å²) in [5.41, 5.74) is 1.52. The van der Waals surface area contributed by atoms with Crippen LogP contribution in [0.25, 0.3) is 0 Å². The van der Waals surface area contributed by atoms with Crippen LogP contribution in [0.15, 0.2) is 30.4 Å². The summed E-state index contributed by atoms with van der Waals surface area (Å²) in [6, 6.07) is 5.37. The molecule has 0 saturated heterocycles. The average molecular weight is 306 g/mol. The van der Waals surface area contributed by atoms with Crippen molar-refractivity contribution >= 4 is 29.2 Å². The van der Waals surface area contributed by atoms with E-state index in [0.29, 0.717) is 10.7 Å². The molecule has 1 aromatic carbocycles. The SMILES string of the molecule is Cc1ccc(Cl)c(NC(=O)C2C3C=CC(C3)C2C(=O)O)c1. The lowest BCUT2D eigenvalue weighted by Gasteiger charge is -2.24. The molecular weight excluding hydrogens is 290 g/mol. The van der Waals surface area contributed by atoms with Gasteiger partial charge in [-0.15, -0.1) is 0 Å². The number of hydrogen-bond donors (Lipinski definition) is 2. The highest BCUT2D eigenvalue weighted by atomic mass is 35.5. The molecule has 1 fully saturated rings. The molecule has 1 amide bonds. The van der Waals surface area contributed by atoms with Gasteiger partial charge in [-0.3, -0.25) is 9.59 Å². The number of halogens is 1. The molecule has 4 atom stereocenters. The van der Waals surface area contributed by atoms with E-state index in [1.807, 2.05) is 25.1 Å². The first-order valence-corrected chi connectivity index (χ1v) is 7.33. The molecule has 2 aliphatic rings. The first-order chi connectivity index (χ1) is 9.97. The number of anilines is 1. The molecule has 0 aromatic heterocycles. The molecule has 2 bridgehead atoms. The predicted octanol–water partition coefficient (Wildman–Crippen LogP) is 3.11. The molecule has 0 heterocycles. The van der Waals surface area contributed by atoms with Crippen molar-refractivity contribution in [1.82, 2.24) is 0 Å². The zero-order valence-electron chi connectivity index (χ0n) is 11.5. The summed E-state index contributed by atoms with van der Waals surface area (Å²) in [6.45, 7) is 1.91. The maximum Gasteiger partial charge on any atom is 0.307 e. The molecule has 1 aromatic rings. The Morgan fingerprint density at radius 1 is 1.24 bits per heavy atom. The average Bonchev–Trinajstić information content (AvgIpc) is 3.03. The highest BCUT2D eigenvalue weighted by Gasteiger charge is 2.51. The first-order valence-electron chi connectivity index (χ1n) is 6.95. The number of hydrogen-bond acceptors (Lipinski definition) is 2. The summed E-state index contributed by atoms with van der Waals surface area (Å²) >= 11 is 6.08. The summed E-state index contributed by atoms with van der Waals surface area (Å²) < 4.78 is 0. The number of rotatable bonds is 3. The number of fused-ring (bicyclic) bond motifs is 2. The maximum absolute atomic E-state index is 12.5. The standard InChI is InChI=1S/C16H16ClNO3/c1-8-2-5-11(17)12(6-8)18-15(19)13-9-3-4-10(7-9)14(13)16(20)21/h2-6,9-10,13-14H,7H2,1H3,(H,18,19)(H,20,21). The van der Waals surface area contributed by atoms with Crippen LogP contribution < -0.4 is 5.32 Å². The number of carbonyl (C=O) groups excluding carboxylic acids is 1. The number of carbonyl (C=O) groups is 2. The molecule has 4 nitrogen and oxygen atoms in total. The van der Waals surface area contributed by atoms with Gasteiger partial charge in [0.15, 0.2) is 0 Å². The fraction of sp³-hybridized carbons (Fsp3) is 0.375. The van der Waals surface area contributed by atoms with Gasteiger partial charge in [0.05, 0.1) is 22.5 Å². The number of carboxylic acids is 1. The lowest BCUT2D eigenvalue weighted by atomic mass is 9.82. The molecule has 2 N–H and O–H groups in total. The fourth-order valence-electron chi connectivity index (χ4n) is 3.47. The van der Waals surface area contributed by atoms with E-state index in [9.17, 15) is 14.7 Å². The Kier molecular flexibility index (Phi) is 3.49. The van der Waals surface area contributed by atoms with Gasteiger partial charge in [-0.25, -0.2) is 0 Å². The lowest BCUT2D eigenvalue weighted by Crippen LogP contribution is -2.36. The molecule has 0 radical (unpaired) electrons. The van der Waals surface area contributed by atoms with Crippen molar-refractivity contribution in [3.8, 4) is 0 Å². The number of aliphatic carboxylic acids is 1. The van der Waals surface area contributed by atoms with Crippen molar-refractivity contribution < 1.29 is 14.7 Å². The summed E-state index contributed by atoms with van der Waals surface area (Å²) in [7, 11) is 0. The van der Waals surface area contributed by atoms with E-state index in [-0.39, 0.29) is 17.7 Å². The Labute approximate surface area is 127 Å². The van der Waals surface area contributed by atoms with E-state index < -0.39 is 17.8 Å². The summed E-state index contributed by atoms with van der Waals surface area (Å²) in [6.07, 6.45) is 4.63. The van der Waals surface area contributed by atoms with Gasteiger partial charge >= 0.3 is 5.97 Å².